The highest BCUT2D eigenvalue weighted by Gasteiger charge is 2.40. The molecule has 1 aliphatic carbocycles. The summed E-state index contributed by atoms with van der Waals surface area (Å²) in [5, 5.41) is 6.13. The van der Waals surface area contributed by atoms with Gasteiger partial charge in [-0.2, -0.15) is 0 Å². The standard InChI is InChI=1S/C32H29NO2/c1-32(2)18-26-29-25-11-7-6-10-22(25)14-17-27(29)33-31(30(26)28(34)19-32)23-12-15-24(16-13-23)35-20-21-8-4-3-5-9-21/h3-17,31,33H,18-20H2,1-2H3/t31-/m1/s1. The molecule has 0 aromatic heterocycles. The van der Waals surface area contributed by atoms with Crippen molar-refractivity contribution in [2.75, 3.05) is 5.32 Å². The number of Topliss-reactive ketones (excluding diaryl/α,β-unsaturated/α-hetero) is 1. The number of allylic oxidation sites excluding steroid dienone is 1. The summed E-state index contributed by atoms with van der Waals surface area (Å²) >= 11 is 0. The van der Waals surface area contributed by atoms with Crippen LogP contribution in [0.25, 0.3) is 16.3 Å². The van der Waals surface area contributed by atoms with Gasteiger partial charge in [0.25, 0.3) is 0 Å². The maximum Gasteiger partial charge on any atom is 0.162 e. The number of benzene rings is 4. The number of ketones is 1. The number of hydrogen-bond acceptors (Lipinski definition) is 3. The number of fused-ring (bicyclic) bond motifs is 4. The van der Waals surface area contributed by atoms with Gasteiger partial charge >= 0.3 is 0 Å². The molecule has 0 spiro atoms. The Labute approximate surface area is 206 Å². The zero-order chi connectivity index (χ0) is 24.0. The Kier molecular flexibility index (Phi) is 5.21. The van der Waals surface area contributed by atoms with Gasteiger partial charge in [-0.25, -0.2) is 0 Å². The molecule has 3 heteroatoms. The van der Waals surface area contributed by atoms with Crippen molar-refractivity contribution in [2.24, 2.45) is 5.41 Å². The van der Waals surface area contributed by atoms with E-state index < -0.39 is 0 Å². The van der Waals surface area contributed by atoms with Gasteiger partial charge in [-0.05, 0) is 57.5 Å². The molecule has 1 atom stereocenters. The number of rotatable bonds is 4. The Balaban J connectivity index is 1.39. The number of hydrogen-bond donors (Lipinski definition) is 1. The molecule has 2 aliphatic rings. The van der Waals surface area contributed by atoms with Crippen LogP contribution in [0.3, 0.4) is 0 Å². The maximum atomic E-state index is 13.6. The highest BCUT2D eigenvalue weighted by molar-refractivity contribution is 6.12. The topological polar surface area (TPSA) is 38.3 Å². The van der Waals surface area contributed by atoms with Crippen LogP contribution in [0.2, 0.25) is 0 Å². The Bertz CT molecular complexity index is 1450. The normalized spacial score (nSPS) is 18.6. The summed E-state index contributed by atoms with van der Waals surface area (Å²) < 4.78 is 5.99. The molecule has 1 N–H and O–H groups in total. The highest BCUT2D eigenvalue weighted by atomic mass is 16.5. The van der Waals surface area contributed by atoms with Crippen LogP contribution >= 0.6 is 0 Å². The first-order valence-electron chi connectivity index (χ1n) is 12.3. The zero-order valence-electron chi connectivity index (χ0n) is 20.2. The molecule has 0 bridgehead atoms. The van der Waals surface area contributed by atoms with Crippen molar-refractivity contribution in [1.29, 1.82) is 0 Å². The summed E-state index contributed by atoms with van der Waals surface area (Å²) in [5.41, 5.74) is 6.58. The van der Waals surface area contributed by atoms with Gasteiger partial charge in [-0.3, -0.25) is 4.79 Å². The molecule has 4 aromatic rings. The summed E-state index contributed by atoms with van der Waals surface area (Å²) in [6.45, 7) is 4.94. The Hall–Kier alpha value is -3.85. The van der Waals surface area contributed by atoms with Crippen LogP contribution in [-0.2, 0) is 11.4 Å². The summed E-state index contributed by atoms with van der Waals surface area (Å²) in [4.78, 5) is 13.6. The first kappa shape index (κ1) is 21.7. The second-order valence-corrected chi connectivity index (χ2v) is 10.5. The van der Waals surface area contributed by atoms with Crippen LogP contribution in [-0.4, -0.2) is 5.78 Å². The van der Waals surface area contributed by atoms with Gasteiger partial charge in [0.05, 0.1) is 6.04 Å². The number of carbonyl (C=O) groups excluding carboxylic acids is 1. The van der Waals surface area contributed by atoms with Crippen molar-refractivity contribution < 1.29 is 9.53 Å². The number of carbonyl (C=O) groups is 1. The number of anilines is 1. The summed E-state index contributed by atoms with van der Waals surface area (Å²) in [6.07, 6.45) is 1.47. The fourth-order valence-corrected chi connectivity index (χ4v) is 5.58. The molecule has 6 rings (SSSR count). The minimum Gasteiger partial charge on any atom is -0.489 e. The molecule has 0 fully saturated rings. The van der Waals surface area contributed by atoms with Gasteiger partial charge in [-0.15, -0.1) is 0 Å². The lowest BCUT2D eigenvalue weighted by atomic mass is 9.68. The van der Waals surface area contributed by atoms with Gasteiger partial charge in [0.2, 0.25) is 0 Å². The minimum absolute atomic E-state index is 0.0544. The van der Waals surface area contributed by atoms with Crippen LogP contribution in [0.15, 0.2) is 96.6 Å². The summed E-state index contributed by atoms with van der Waals surface area (Å²) in [6, 6.07) is 31.0. The first-order chi connectivity index (χ1) is 17.0. The minimum atomic E-state index is -0.162. The fraction of sp³-hybridized carbons (Fsp3) is 0.219. The van der Waals surface area contributed by atoms with Crippen molar-refractivity contribution in [3.8, 4) is 5.75 Å². The second kappa shape index (κ2) is 8.42. The van der Waals surface area contributed by atoms with Crippen LogP contribution < -0.4 is 10.1 Å². The van der Waals surface area contributed by atoms with Crippen molar-refractivity contribution in [1.82, 2.24) is 0 Å². The maximum absolute atomic E-state index is 13.6. The molecule has 1 heterocycles. The van der Waals surface area contributed by atoms with E-state index in [0.29, 0.717) is 13.0 Å². The molecule has 0 radical (unpaired) electrons. The molecule has 4 aromatic carbocycles. The second-order valence-electron chi connectivity index (χ2n) is 10.5. The fourth-order valence-electron chi connectivity index (χ4n) is 5.58. The molecule has 0 amide bonds. The lowest BCUT2D eigenvalue weighted by molar-refractivity contribution is -0.118. The molecule has 3 nitrogen and oxygen atoms in total. The molecule has 174 valence electrons. The third-order valence-electron chi connectivity index (χ3n) is 7.20. The molecule has 1 aliphatic heterocycles. The van der Waals surface area contributed by atoms with Crippen LogP contribution in [0.5, 0.6) is 5.75 Å². The SMILES string of the molecule is CC1(C)CC(=O)C2=C(C1)c1c(ccc3ccccc13)N[C@@H]2c1ccc(OCc2ccccc2)cc1. The Morgan fingerprint density at radius 3 is 2.40 bits per heavy atom. The average molecular weight is 460 g/mol. The van der Waals surface area contributed by atoms with Gasteiger partial charge in [0.15, 0.2) is 5.78 Å². The smallest absolute Gasteiger partial charge is 0.162 e. The lowest BCUT2D eigenvalue weighted by Crippen LogP contribution is -2.33. The molecular formula is C32H29NO2. The van der Waals surface area contributed by atoms with E-state index in [1.807, 2.05) is 30.3 Å². The molecule has 0 unspecified atom stereocenters. The summed E-state index contributed by atoms with van der Waals surface area (Å²) in [7, 11) is 0. The molecule has 35 heavy (non-hydrogen) atoms. The average Bonchev–Trinajstić information content (AvgIpc) is 2.87. The monoisotopic (exact) mass is 459 g/mol. The first-order valence-corrected chi connectivity index (χ1v) is 12.3. The molecule has 0 saturated carbocycles. The zero-order valence-corrected chi connectivity index (χ0v) is 20.2. The van der Waals surface area contributed by atoms with Crippen LogP contribution in [0, 0.1) is 5.41 Å². The van der Waals surface area contributed by atoms with Crippen molar-refractivity contribution in [3.63, 3.8) is 0 Å². The largest absolute Gasteiger partial charge is 0.489 e. The number of nitrogens with one attached hydrogen (secondary N) is 1. The van der Waals surface area contributed by atoms with E-state index in [-0.39, 0.29) is 17.2 Å². The van der Waals surface area contributed by atoms with Gasteiger partial charge in [-0.1, -0.05) is 86.6 Å². The van der Waals surface area contributed by atoms with Gasteiger partial charge in [0.1, 0.15) is 12.4 Å². The predicted molar refractivity (Wildman–Crippen MR) is 142 cm³/mol. The highest BCUT2D eigenvalue weighted by Crippen LogP contribution is 2.52. The van der Waals surface area contributed by atoms with E-state index in [1.165, 1.54) is 21.9 Å². The van der Waals surface area contributed by atoms with E-state index in [0.717, 1.165) is 34.6 Å². The lowest BCUT2D eigenvalue weighted by Gasteiger charge is -2.40. The third-order valence-corrected chi connectivity index (χ3v) is 7.20. The van der Waals surface area contributed by atoms with Crippen molar-refractivity contribution in [2.45, 2.75) is 39.3 Å². The van der Waals surface area contributed by atoms with Crippen molar-refractivity contribution in [3.05, 3.63) is 113 Å². The number of ether oxygens (including phenoxy) is 1. The van der Waals surface area contributed by atoms with E-state index in [1.54, 1.807) is 0 Å². The van der Waals surface area contributed by atoms with E-state index in [4.69, 9.17) is 4.74 Å². The van der Waals surface area contributed by atoms with Crippen LogP contribution in [0.4, 0.5) is 5.69 Å². The van der Waals surface area contributed by atoms with E-state index >= 15 is 0 Å². The van der Waals surface area contributed by atoms with E-state index in [2.05, 4.69) is 79.8 Å². The quantitative estimate of drug-likeness (QED) is 0.339. The molecule has 0 saturated heterocycles. The summed E-state index contributed by atoms with van der Waals surface area (Å²) in [5.74, 6) is 1.07. The Morgan fingerprint density at radius 2 is 1.60 bits per heavy atom. The predicted octanol–water partition coefficient (Wildman–Crippen LogP) is 7.73. The van der Waals surface area contributed by atoms with E-state index in [9.17, 15) is 4.79 Å². The van der Waals surface area contributed by atoms with Crippen molar-refractivity contribution >= 4 is 27.8 Å². The third kappa shape index (κ3) is 4.01. The van der Waals surface area contributed by atoms with Gasteiger partial charge in [0, 0.05) is 23.2 Å². The Morgan fingerprint density at radius 1 is 0.857 bits per heavy atom. The van der Waals surface area contributed by atoms with Gasteiger partial charge < -0.3 is 10.1 Å². The van der Waals surface area contributed by atoms with Crippen LogP contribution in [0.1, 0.15) is 49.4 Å². The molecular weight excluding hydrogens is 430 g/mol.